The average molecular weight is 356 g/mol. The molecule has 0 aliphatic heterocycles. The second kappa shape index (κ2) is 6.69. The molecule has 0 aliphatic rings. The fourth-order valence-corrected chi connectivity index (χ4v) is 2.98. The summed E-state index contributed by atoms with van der Waals surface area (Å²) in [4.78, 5) is 29.6. The number of aromatic nitrogens is 2. The minimum Gasteiger partial charge on any atom is -0.342 e. The van der Waals surface area contributed by atoms with Crippen molar-refractivity contribution in [3.63, 3.8) is 0 Å². The third kappa shape index (κ3) is 3.28. The van der Waals surface area contributed by atoms with E-state index in [0.717, 1.165) is 5.56 Å². The molecule has 6 heteroatoms. The third-order valence-corrected chi connectivity index (χ3v) is 4.43. The quantitative estimate of drug-likeness (QED) is 0.783. The van der Waals surface area contributed by atoms with E-state index in [4.69, 9.17) is 11.6 Å². The highest BCUT2D eigenvalue weighted by molar-refractivity contribution is 6.31. The molecule has 1 aromatic heterocycles. The summed E-state index contributed by atoms with van der Waals surface area (Å²) >= 11 is 6.01. The number of hydrogen-bond acceptors (Lipinski definition) is 3. The fraction of sp³-hybridized carbons (Fsp3) is 0.211. The molecule has 0 radical (unpaired) electrons. The third-order valence-electron chi connectivity index (χ3n) is 4.20. The Bertz CT molecular complexity index is 1030. The number of rotatable bonds is 3. The molecule has 3 aromatic rings. The fourth-order valence-electron chi connectivity index (χ4n) is 2.82. The number of carbonyl (C=O) groups is 1. The van der Waals surface area contributed by atoms with Crippen LogP contribution >= 0.6 is 11.6 Å². The Morgan fingerprint density at radius 1 is 1.24 bits per heavy atom. The van der Waals surface area contributed by atoms with Gasteiger partial charge in [-0.25, -0.2) is 4.98 Å². The predicted molar refractivity (Wildman–Crippen MR) is 99.1 cm³/mol. The van der Waals surface area contributed by atoms with Gasteiger partial charge in [0.15, 0.2) is 0 Å². The summed E-state index contributed by atoms with van der Waals surface area (Å²) in [6, 6.07) is 11.9. The Morgan fingerprint density at radius 3 is 2.68 bits per heavy atom. The van der Waals surface area contributed by atoms with E-state index in [-0.39, 0.29) is 11.5 Å². The van der Waals surface area contributed by atoms with Crippen LogP contribution in [0, 0.1) is 6.92 Å². The highest BCUT2D eigenvalue weighted by Crippen LogP contribution is 2.18. The van der Waals surface area contributed by atoms with Crippen molar-refractivity contribution in [3.8, 4) is 0 Å². The Labute approximate surface area is 150 Å². The van der Waals surface area contributed by atoms with E-state index in [1.807, 2.05) is 25.1 Å². The molecule has 0 bridgehead atoms. The number of fused-ring (bicyclic) bond motifs is 1. The number of carbonyl (C=O) groups excluding carboxylic acids is 1. The predicted octanol–water partition coefficient (Wildman–Crippen LogP) is 3.39. The summed E-state index contributed by atoms with van der Waals surface area (Å²) in [6.45, 7) is 3.68. The number of benzene rings is 2. The van der Waals surface area contributed by atoms with E-state index in [1.165, 1.54) is 4.57 Å². The first-order chi connectivity index (χ1) is 11.9. The molecule has 0 saturated carbocycles. The normalized spacial score (nSPS) is 12.2. The molecule has 2 aromatic carbocycles. The van der Waals surface area contributed by atoms with Crippen molar-refractivity contribution in [3.05, 3.63) is 74.8 Å². The smallest absolute Gasteiger partial charge is 0.261 e. The highest BCUT2D eigenvalue weighted by Gasteiger charge is 2.18. The number of halogens is 1. The molecule has 0 spiro atoms. The van der Waals surface area contributed by atoms with Gasteiger partial charge in [0.05, 0.1) is 16.9 Å². The summed E-state index contributed by atoms with van der Waals surface area (Å²) in [6.07, 6.45) is 0. The molecule has 1 atom stereocenters. The topological polar surface area (TPSA) is 64.0 Å². The van der Waals surface area contributed by atoms with Crippen molar-refractivity contribution >= 4 is 28.4 Å². The largest absolute Gasteiger partial charge is 0.342 e. The summed E-state index contributed by atoms with van der Waals surface area (Å²) in [5.74, 6) is 0.271. The van der Waals surface area contributed by atoms with Crippen LogP contribution in [0.3, 0.4) is 0 Å². The number of hydrogen-bond donors (Lipinski definition) is 1. The molecule has 25 heavy (non-hydrogen) atoms. The van der Waals surface area contributed by atoms with Crippen LogP contribution in [0.5, 0.6) is 0 Å². The van der Waals surface area contributed by atoms with E-state index in [2.05, 4.69) is 10.3 Å². The van der Waals surface area contributed by atoms with E-state index >= 15 is 0 Å². The van der Waals surface area contributed by atoms with E-state index in [9.17, 15) is 9.59 Å². The van der Waals surface area contributed by atoms with Gasteiger partial charge in [0, 0.05) is 17.6 Å². The molecule has 3 rings (SSSR count). The lowest BCUT2D eigenvalue weighted by Gasteiger charge is -2.18. The maximum absolute atomic E-state index is 12.5. The Morgan fingerprint density at radius 2 is 1.96 bits per heavy atom. The zero-order chi connectivity index (χ0) is 18.1. The van der Waals surface area contributed by atoms with Crippen LogP contribution in [0.25, 0.3) is 10.9 Å². The summed E-state index contributed by atoms with van der Waals surface area (Å²) in [7, 11) is 1.65. The minimum absolute atomic E-state index is 0.173. The van der Waals surface area contributed by atoms with Crippen molar-refractivity contribution in [2.24, 2.45) is 7.05 Å². The maximum Gasteiger partial charge on any atom is 0.261 e. The van der Waals surface area contributed by atoms with E-state index < -0.39 is 6.04 Å². The SMILES string of the molecule is Cc1ccccc1C(=O)N[C@@H](C)c1nc2cc(Cl)ccc2c(=O)n1C. The van der Waals surface area contributed by atoms with Gasteiger partial charge in [-0.05, 0) is 43.7 Å². The average Bonchev–Trinajstić information content (AvgIpc) is 2.58. The van der Waals surface area contributed by atoms with E-state index in [1.54, 1.807) is 38.2 Å². The summed E-state index contributed by atoms with van der Waals surface area (Å²) in [5.41, 5.74) is 1.83. The second-order valence-corrected chi connectivity index (χ2v) is 6.44. The highest BCUT2D eigenvalue weighted by atomic mass is 35.5. The van der Waals surface area contributed by atoms with Gasteiger partial charge < -0.3 is 5.32 Å². The molecule has 0 saturated heterocycles. The number of amides is 1. The van der Waals surface area contributed by atoms with Gasteiger partial charge in [-0.15, -0.1) is 0 Å². The van der Waals surface area contributed by atoms with Gasteiger partial charge in [-0.3, -0.25) is 14.2 Å². The van der Waals surface area contributed by atoms with Crippen molar-refractivity contribution in [2.45, 2.75) is 19.9 Å². The lowest BCUT2D eigenvalue weighted by Crippen LogP contribution is -2.33. The monoisotopic (exact) mass is 355 g/mol. The lowest BCUT2D eigenvalue weighted by molar-refractivity contribution is 0.0937. The molecule has 5 nitrogen and oxygen atoms in total. The molecular formula is C19H18ClN3O2. The molecular weight excluding hydrogens is 338 g/mol. The standard InChI is InChI=1S/C19H18ClN3O2/c1-11-6-4-5-7-14(11)18(24)21-12(2)17-22-16-10-13(20)8-9-15(16)19(25)23(17)3/h4-10,12H,1-3H3,(H,21,24)/t12-/m0/s1. The van der Waals surface area contributed by atoms with E-state index in [0.29, 0.717) is 27.3 Å². The van der Waals surface area contributed by atoms with Crippen molar-refractivity contribution in [1.82, 2.24) is 14.9 Å². The summed E-state index contributed by atoms with van der Waals surface area (Å²) in [5, 5.41) is 3.91. The first kappa shape index (κ1) is 17.2. The van der Waals surface area contributed by atoms with Crippen LogP contribution in [0.4, 0.5) is 0 Å². The van der Waals surface area contributed by atoms with Crippen LogP contribution in [-0.2, 0) is 7.05 Å². The second-order valence-electron chi connectivity index (χ2n) is 6.01. The lowest BCUT2D eigenvalue weighted by atomic mass is 10.1. The first-order valence-corrected chi connectivity index (χ1v) is 8.29. The van der Waals surface area contributed by atoms with Gasteiger partial charge >= 0.3 is 0 Å². The van der Waals surface area contributed by atoms with Gasteiger partial charge in [0.1, 0.15) is 5.82 Å². The molecule has 1 N–H and O–H groups in total. The molecule has 0 aliphatic carbocycles. The van der Waals surface area contributed by atoms with Crippen LogP contribution in [0.15, 0.2) is 47.3 Å². The number of nitrogens with one attached hydrogen (secondary N) is 1. The zero-order valence-electron chi connectivity index (χ0n) is 14.2. The Kier molecular flexibility index (Phi) is 4.59. The van der Waals surface area contributed by atoms with Crippen molar-refractivity contribution in [1.29, 1.82) is 0 Å². The van der Waals surface area contributed by atoms with Gasteiger partial charge in [-0.1, -0.05) is 29.8 Å². The van der Waals surface area contributed by atoms with Gasteiger partial charge in [0.25, 0.3) is 11.5 Å². The Hall–Kier alpha value is -2.66. The van der Waals surface area contributed by atoms with Crippen LogP contribution in [-0.4, -0.2) is 15.5 Å². The number of nitrogens with zero attached hydrogens (tertiary/aromatic N) is 2. The zero-order valence-corrected chi connectivity index (χ0v) is 15.0. The first-order valence-electron chi connectivity index (χ1n) is 7.91. The maximum atomic E-state index is 12.5. The summed E-state index contributed by atoms with van der Waals surface area (Å²) < 4.78 is 1.46. The molecule has 128 valence electrons. The van der Waals surface area contributed by atoms with Crippen LogP contribution < -0.4 is 10.9 Å². The molecule has 0 unspecified atom stereocenters. The minimum atomic E-state index is -0.437. The van der Waals surface area contributed by atoms with Crippen molar-refractivity contribution in [2.75, 3.05) is 0 Å². The molecule has 1 amide bonds. The molecule has 1 heterocycles. The van der Waals surface area contributed by atoms with Crippen LogP contribution in [0.2, 0.25) is 5.02 Å². The molecule has 0 fully saturated rings. The Balaban J connectivity index is 1.98. The number of aryl methyl sites for hydroxylation is 1. The van der Waals surface area contributed by atoms with Crippen LogP contribution in [0.1, 0.15) is 34.7 Å². The van der Waals surface area contributed by atoms with Gasteiger partial charge in [0.2, 0.25) is 0 Å². The van der Waals surface area contributed by atoms with Crippen molar-refractivity contribution < 1.29 is 4.79 Å². The van der Waals surface area contributed by atoms with Gasteiger partial charge in [-0.2, -0.15) is 0 Å².